The van der Waals surface area contributed by atoms with Crippen molar-refractivity contribution in [2.45, 2.75) is 121 Å². The van der Waals surface area contributed by atoms with Gasteiger partial charge in [-0.25, -0.2) is 0 Å². The number of Topliss-reactive ketones (excluding diaryl/α,β-unsaturated/α-hetero) is 6. The van der Waals surface area contributed by atoms with Gasteiger partial charge in [0.25, 0.3) is 0 Å². The highest BCUT2D eigenvalue weighted by atomic mass is 16.2. The van der Waals surface area contributed by atoms with Crippen molar-refractivity contribution in [2.24, 2.45) is 17.8 Å². The van der Waals surface area contributed by atoms with E-state index in [1.165, 1.54) is 0 Å². The Morgan fingerprint density at radius 3 is 1.14 bits per heavy atom. The van der Waals surface area contributed by atoms with Crippen LogP contribution in [-0.4, -0.2) is 67.9 Å². The zero-order valence-electron chi connectivity index (χ0n) is 45.8. The van der Waals surface area contributed by atoms with Gasteiger partial charge in [-0.3, -0.25) is 28.8 Å². The molecule has 78 heavy (non-hydrogen) atoms. The second kappa shape index (κ2) is 20.0. The van der Waals surface area contributed by atoms with E-state index >= 15 is 24.0 Å². The fourth-order valence-corrected chi connectivity index (χ4v) is 13.0. The van der Waals surface area contributed by atoms with Crippen LogP contribution >= 0.6 is 0 Å². The maximum atomic E-state index is 16.2. The minimum absolute atomic E-state index is 0.0242. The van der Waals surface area contributed by atoms with Gasteiger partial charge in [-0.05, 0) is 60.3 Å². The molecule has 0 spiro atoms. The number of ketones is 6. The van der Waals surface area contributed by atoms with Gasteiger partial charge in [-0.1, -0.05) is 175 Å². The van der Waals surface area contributed by atoms with E-state index in [9.17, 15) is 4.79 Å². The monoisotopic (exact) mass is 1040 g/mol. The molecule has 6 heterocycles. The van der Waals surface area contributed by atoms with E-state index in [1.807, 2.05) is 183 Å². The highest BCUT2D eigenvalue weighted by molar-refractivity contribution is 6.28. The van der Waals surface area contributed by atoms with Crippen molar-refractivity contribution < 1.29 is 28.8 Å². The average Bonchev–Trinajstić information content (AvgIpc) is 3.93. The number of rotatable bonds is 18. The Kier molecular flexibility index (Phi) is 13.7. The van der Waals surface area contributed by atoms with Gasteiger partial charge in [-0.2, -0.15) is 0 Å². The fourth-order valence-electron chi connectivity index (χ4n) is 13.0. The molecule has 0 aliphatic carbocycles. The van der Waals surface area contributed by atoms with Crippen molar-refractivity contribution in [1.29, 1.82) is 0 Å². The summed E-state index contributed by atoms with van der Waals surface area (Å²) >= 11 is 0. The number of carbonyl (C=O) groups excluding carboxylic acids is 6. The first-order chi connectivity index (χ1) is 37.3. The third-order valence-electron chi connectivity index (χ3n) is 17.4. The zero-order valence-corrected chi connectivity index (χ0v) is 45.8. The summed E-state index contributed by atoms with van der Waals surface area (Å²) in [5.74, 6) is -3.72. The van der Waals surface area contributed by atoms with E-state index in [4.69, 9.17) is 0 Å². The first-order valence-electron chi connectivity index (χ1n) is 27.3. The highest BCUT2D eigenvalue weighted by Gasteiger charge is 2.67. The summed E-state index contributed by atoms with van der Waals surface area (Å²) in [6.07, 6.45) is 13.0. The molecule has 0 fully saturated rings. The average molecular weight is 1040 g/mol. The lowest BCUT2D eigenvalue weighted by atomic mass is 9.65. The maximum Gasteiger partial charge on any atom is 0.193 e. The van der Waals surface area contributed by atoms with Crippen molar-refractivity contribution in [2.75, 3.05) is 0 Å². The van der Waals surface area contributed by atoms with E-state index in [0.717, 1.165) is 27.8 Å². The minimum Gasteiger partial charge on any atom is -0.378 e. The smallest absolute Gasteiger partial charge is 0.193 e. The molecule has 6 aliphatic heterocycles. The normalized spacial score (nSPS) is 28.3. The molecule has 6 aliphatic rings. The number of hydrogen-bond donors (Lipinski definition) is 6. The van der Waals surface area contributed by atoms with Crippen LogP contribution in [0.3, 0.4) is 0 Å². The van der Waals surface area contributed by atoms with E-state index in [1.54, 1.807) is 37.2 Å². The van der Waals surface area contributed by atoms with E-state index in [0.29, 0.717) is 24.8 Å². The molecule has 0 radical (unpaired) electrons. The standard InChI is InChI=1S/C66H70N6O6/c1-41(2)29-30-61(32-46-23-15-10-16-24-46)56(74)52(38-67-61)65(43(5)6)59(77)50(36-71-65)63(34-48-27-19-12-20-28-48)58(76)54(40-69-63)66(44(7)8)60(78)51(37-72-66)62(33-47-25-17-11-18-26-47)57(75)53(39-68-62)64(42(3)4)55(73)49(35-70-64)31-45-21-13-9-14-22-45/h9-29,35-40,42-44,67-72H,30-34H2,1-8H3/t61-,62+,63+,64-,65-,66-/m1/s1. The van der Waals surface area contributed by atoms with Gasteiger partial charge in [0.05, 0.1) is 0 Å². The first kappa shape index (κ1) is 53.3. The molecule has 12 heteroatoms. The largest absolute Gasteiger partial charge is 0.378 e. The topological polar surface area (TPSA) is 175 Å². The van der Waals surface area contributed by atoms with Gasteiger partial charge in [-0.15, -0.1) is 0 Å². The number of carbonyl (C=O) groups is 6. The molecule has 0 saturated carbocycles. The Hall–Kier alpha value is -8.12. The van der Waals surface area contributed by atoms with E-state index < -0.39 is 68.2 Å². The SMILES string of the molecule is CC(C)=CC[C@]1(Cc2ccccc2)NC=C([C@@]2(C(C)C)NC=C([C@]3(Cc4ccccc4)NC=C([C@@]4(C(C)C)NC=C([C@]5(Cc6ccccc6)NC=C([C@@]6(C(C)C)NC=C(Cc7ccccc7)C6=O)C5=O)C4=O)C3=O)C2=O)C1=O. The van der Waals surface area contributed by atoms with Crippen LogP contribution in [0, 0.1) is 17.8 Å². The Morgan fingerprint density at radius 1 is 0.385 bits per heavy atom. The van der Waals surface area contributed by atoms with Crippen LogP contribution in [-0.2, 0) is 54.5 Å². The predicted octanol–water partition coefficient (Wildman–Crippen LogP) is 8.05. The number of hydrogen-bond acceptors (Lipinski definition) is 12. The minimum atomic E-state index is -1.75. The van der Waals surface area contributed by atoms with Crippen LogP contribution in [0.4, 0.5) is 0 Å². The quantitative estimate of drug-likeness (QED) is 0.0531. The summed E-state index contributed by atoms with van der Waals surface area (Å²) in [5.41, 5.74) is -3.41. The molecule has 0 bridgehead atoms. The Labute approximate surface area is 457 Å². The van der Waals surface area contributed by atoms with Crippen LogP contribution in [0.1, 0.15) is 84.1 Å². The second-order valence-electron chi connectivity index (χ2n) is 23.2. The number of benzene rings is 4. The highest BCUT2D eigenvalue weighted by Crippen LogP contribution is 2.50. The van der Waals surface area contributed by atoms with Crippen molar-refractivity contribution >= 4 is 34.7 Å². The van der Waals surface area contributed by atoms with Crippen molar-refractivity contribution in [3.05, 3.63) is 226 Å². The molecule has 4 aromatic rings. The summed E-state index contributed by atoms with van der Waals surface area (Å²) in [7, 11) is 0. The van der Waals surface area contributed by atoms with Crippen LogP contribution in [0.25, 0.3) is 0 Å². The van der Waals surface area contributed by atoms with Crippen molar-refractivity contribution in [3.63, 3.8) is 0 Å². The Morgan fingerprint density at radius 2 is 0.731 bits per heavy atom. The molecule has 6 N–H and O–H groups in total. The molecule has 0 amide bonds. The molecule has 12 nitrogen and oxygen atoms in total. The maximum absolute atomic E-state index is 16.2. The van der Waals surface area contributed by atoms with Gasteiger partial charge in [0.2, 0.25) is 0 Å². The number of allylic oxidation sites excluding steroid dienone is 1. The second-order valence-corrected chi connectivity index (χ2v) is 23.2. The lowest BCUT2D eigenvalue weighted by Gasteiger charge is -2.39. The Bertz CT molecular complexity index is 3350. The van der Waals surface area contributed by atoms with Crippen LogP contribution in [0.15, 0.2) is 204 Å². The van der Waals surface area contributed by atoms with Crippen molar-refractivity contribution in [1.82, 2.24) is 31.9 Å². The van der Waals surface area contributed by atoms with Gasteiger partial charge < -0.3 is 31.9 Å². The molecule has 0 unspecified atom stereocenters. The Balaban J connectivity index is 1.00. The van der Waals surface area contributed by atoms with E-state index in [-0.39, 0.29) is 58.2 Å². The van der Waals surface area contributed by atoms with Gasteiger partial charge in [0.15, 0.2) is 34.7 Å². The van der Waals surface area contributed by atoms with Gasteiger partial charge in [0, 0.05) is 96.3 Å². The zero-order chi connectivity index (χ0) is 55.4. The molecule has 400 valence electrons. The first-order valence-corrected chi connectivity index (χ1v) is 27.3. The molecule has 4 aromatic carbocycles. The summed E-state index contributed by atoms with van der Waals surface area (Å²) in [4.78, 5) is 94.3. The van der Waals surface area contributed by atoms with Crippen LogP contribution in [0.5, 0.6) is 0 Å². The predicted molar refractivity (Wildman–Crippen MR) is 303 cm³/mol. The molecular weight excluding hydrogens is 973 g/mol. The van der Waals surface area contributed by atoms with Crippen LogP contribution < -0.4 is 31.9 Å². The van der Waals surface area contributed by atoms with Crippen molar-refractivity contribution in [3.8, 4) is 0 Å². The lowest BCUT2D eigenvalue weighted by molar-refractivity contribution is -0.129. The summed E-state index contributed by atoms with van der Waals surface area (Å²) in [6.45, 7) is 15.3. The third kappa shape index (κ3) is 8.16. The molecule has 0 saturated heterocycles. The summed E-state index contributed by atoms with van der Waals surface area (Å²) in [6, 6.07) is 38.4. The molecule has 0 aromatic heterocycles. The fraction of sp³-hybridized carbons (Fsp3) is 0.333. The van der Waals surface area contributed by atoms with Crippen LogP contribution in [0.2, 0.25) is 0 Å². The van der Waals surface area contributed by atoms with E-state index in [2.05, 4.69) is 31.9 Å². The lowest BCUT2D eigenvalue weighted by Crippen LogP contribution is -2.61. The number of nitrogens with one attached hydrogen (secondary N) is 6. The summed E-state index contributed by atoms with van der Waals surface area (Å²) in [5, 5.41) is 20.5. The molecule has 6 atom stereocenters. The molecule has 10 rings (SSSR count). The van der Waals surface area contributed by atoms with Gasteiger partial charge in [0.1, 0.15) is 33.2 Å². The third-order valence-corrected chi connectivity index (χ3v) is 17.4. The molecular formula is C66H70N6O6. The van der Waals surface area contributed by atoms with Gasteiger partial charge >= 0.3 is 0 Å². The summed E-state index contributed by atoms with van der Waals surface area (Å²) < 4.78 is 0.